The molecule has 44 heavy (non-hydrogen) atoms. The predicted molar refractivity (Wildman–Crippen MR) is 151 cm³/mol. The number of ether oxygens (including phenoxy) is 5. The van der Waals surface area contributed by atoms with Gasteiger partial charge in [-0.05, 0) is 73.9 Å². The second-order valence-corrected chi connectivity index (χ2v) is 9.34. The van der Waals surface area contributed by atoms with Crippen LogP contribution in [0.3, 0.4) is 0 Å². The van der Waals surface area contributed by atoms with E-state index in [1.807, 2.05) is 0 Å². The molecule has 3 rings (SSSR count). The first-order valence-electron chi connectivity index (χ1n) is 13.8. The molecule has 238 valence electrons. The summed E-state index contributed by atoms with van der Waals surface area (Å²) in [4.78, 5) is 25.7. The van der Waals surface area contributed by atoms with Crippen molar-refractivity contribution in [2.75, 3.05) is 32.9 Å². The molecule has 1 amide bonds. The first kappa shape index (κ1) is 34.0. The Kier molecular flexibility index (Phi) is 13.1. The third-order valence-electron chi connectivity index (χ3n) is 6.05. The van der Waals surface area contributed by atoms with Crippen molar-refractivity contribution >= 4 is 12.1 Å². The number of aliphatic carboxylic acids is 1. The molecule has 0 saturated carbocycles. The number of unbranched alkanes of at least 4 members (excludes halogenated alkanes) is 1. The molecule has 0 aliphatic carbocycles. The SMILES string of the molecule is CCOC(Cc1ccc(OCCN(CCCCOc2ccc(F)cc2)C(=O)Oc2ccccc2OC(F)(F)F)cc1)C(=O)O. The van der Waals surface area contributed by atoms with Gasteiger partial charge in [0, 0.05) is 19.6 Å². The molecule has 0 saturated heterocycles. The second kappa shape index (κ2) is 16.9. The van der Waals surface area contributed by atoms with Gasteiger partial charge < -0.3 is 33.7 Å². The van der Waals surface area contributed by atoms with Crippen molar-refractivity contribution in [3.63, 3.8) is 0 Å². The maximum atomic E-state index is 13.1. The maximum absolute atomic E-state index is 13.1. The lowest BCUT2D eigenvalue weighted by Crippen LogP contribution is -2.37. The zero-order valence-electron chi connectivity index (χ0n) is 23.9. The zero-order chi connectivity index (χ0) is 32.0. The minimum Gasteiger partial charge on any atom is -0.494 e. The van der Waals surface area contributed by atoms with E-state index in [2.05, 4.69) is 4.74 Å². The van der Waals surface area contributed by atoms with Crippen LogP contribution in [-0.4, -0.2) is 67.4 Å². The van der Waals surface area contributed by atoms with Gasteiger partial charge in [-0.25, -0.2) is 14.0 Å². The highest BCUT2D eigenvalue weighted by Crippen LogP contribution is 2.32. The molecule has 9 nitrogen and oxygen atoms in total. The Morgan fingerprint density at radius 2 is 1.45 bits per heavy atom. The average molecular weight is 624 g/mol. The molecule has 0 heterocycles. The van der Waals surface area contributed by atoms with Gasteiger partial charge in [0.15, 0.2) is 17.6 Å². The van der Waals surface area contributed by atoms with Crippen LogP contribution in [0.1, 0.15) is 25.3 Å². The van der Waals surface area contributed by atoms with Crippen LogP contribution in [0.5, 0.6) is 23.0 Å². The van der Waals surface area contributed by atoms with Crippen molar-refractivity contribution in [2.24, 2.45) is 0 Å². The molecule has 0 fully saturated rings. The highest BCUT2D eigenvalue weighted by atomic mass is 19.4. The van der Waals surface area contributed by atoms with Crippen LogP contribution in [-0.2, 0) is 16.0 Å². The molecule has 0 bridgehead atoms. The number of benzene rings is 3. The maximum Gasteiger partial charge on any atom is 0.573 e. The lowest BCUT2D eigenvalue weighted by atomic mass is 10.1. The normalized spacial score (nSPS) is 11.8. The molecule has 13 heteroatoms. The lowest BCUT2D eigenvalue weighted by Gasteiger charge is -2.23. The van der Waals surface area contributed by atoms with Gasteiger partial charge in [0.2, 0.25) is 0 Å². The number of halogens is 4. The fraction of sp³-hybridized carbons (Fsp3) is 0.355. The van der Waals surface area contributed by atoms with Crippen molar-refractivity contribution < 1.29 is 55.9 Å². The fourth-order valence-corrected chi connectivity index (χ4v) is 3.95. The summed E-state index contributed by atoms with van der Waals surface area (Å²) >= 11 is 0. The van der Waals surface area contributed by atoms with E-state index >= 15 is 0 Å². The van der Waals surface area contributed by atoms with Gasteiger partial charge >= 0.3 is 18.4 Å². The Labute approximate surface area is 251 Å². The number of hydrogen-bond acceptors (Lipinski definition) is 7. The largest absolute Gasteiger partial charge is 0.573 e. The molecule has 3 aromatic carbocycles. The topological polar surface area (TPSA) is 104 Å². The van der Waals surface area contributed by atoms with E-state index in [0.717, 1.165) is 11.6 Å². The van der Waals surface area contributed by atoms with Crippen molar-refractivity contribution in [3.8, 4) is 23.0 Å². The predicted octanol–water partition coefficient (Wildman–Crippen LogP) is 6.50. The number of rotatable bonds is 17. The van der Waals surface area contributed by atoms with E-state index in [0.29, 0.717) is 24.3 Å². The van der Waals surface area contributed by atoms with Crippen LogP contribution in [0.25, 0.3) is 0 Å². The summed E-state index contributed by atoms with van der Waals surface area (Å²) in [6, 6.07) is 17.2. The highest BCUT2D eigenvalue weighted by Gasteiger charge is 2.33. The number of amides is 1. The summed E-state index contributed by atoms with van der Waals surface area (Å²) in [6.45, 7) is 2.49. The first-order chi connectivity index (χ1) is 21.0. The quantitative estimate of drug-likeness (QED) is 0.134. The number of carboxylic acid groups (broad SMARTS) is 1. The third kappa shape index (κ3) is 12.0. The molecule has 0 aromatic heterocycles. The minimum absolute atomic E-state index is 0.0257. The van der Waals surface area contributed by atoms with Crippen molar-refractivity contribution in [1.29, 1.82) is 0 Å². The second-order valence-electron chi connectivity index (χ2n) is 9.34. The monoisotopic (exact) mass is 623 g/mol. The Bertz CT molecular complexity index is 1320. The van der Waals surface area contributed by atoms with E-state index < -0.39 is 36.0 Å². The highest BCUT2D eigenvalue weighted by molar-refractivity contribution is 5.73. The molecule has 3 aromatic rings. The van der Waals surface area contributed by atoms with Crippen molar-refractivity contribution in [1.82, 2.24) is 4.90 Å². The average Bonchev–Trinajstić information content (AvgIpc) is 2.97. The molecule has 1 unspecified atom stereocenters. The Balaban J connectivity index is 1.59. The Morgan fingerprint density at radius 3 is 2.07 bits per heavy atom. The van der Waals surface area contributed by atoms with Gasteiger partial charge in [0.05, 0.1) is 13.2 Å². The van der Waals surface area contributed by atoms with Crippen molar-refractivity contribution in [3.05, 3.63) is 84.2 Å². The van der Waals surface area contributed by atoms with E-state index in [4.69, 9.17) is 18.9 Å². The van der Waals surface area contributed by atoms with Gasteiger partial charge in [-0.3, -0.25) is 0 Å². The number of carbonyl (C=O) groups excluding carboxylic acids is 1. The summed E-state index contributed by atoms with van der Waals surface area (Å²) in [5.41, 5.74) is 0.728. The Morgan fingerprint density at radius 1 is 0.841 bits per heavy atom. The summed E-state index contributed by atoms with van der Waals surface area (Å²) in [7, 11) is 0. The van der Waals surface area contributed by atoms with Gasteiger partial charge in [0.1, 0.15) is 23.9 Å². The molecule has 0 spiro atoms. The van der Waals surface area contributed by atoms with Crippen LogP contribution < -0.4 is 18.9 Å². The summed E-state index contributed by atoms with van der Waals surface area (Å²) < 4.78 is 77.4. The smallest absolute Gasteiger partial charge is 0.494 e. The summed E-state index contributed by atoms with van der Waals surface area (Å²) in [5.74, 6) is -1.56. The number of para-hydroxylation sites is 2. The fourth-order valence-electron chi connectivity index (χ4n) is 3.95. The molecule has 0 aliphatic rings. The third-order valence-corrected chi connectivity index (χ3v) is 6.05. The van der Waals surface area contributed by atoms with E-state index in [9.17, 15) is 32.3 Å². The first-order valence-corrected chi connectivity index (χ1v) is 13.8. The van der Waals surface area contributed by atoms with Crippen LogP contribution in [0.4, 0.5) is 22.4 Å². The van der Waals surface area contributed by atoms with Gasteiger partial charge in [-0.2, -0.15) is 0 Å². The van der Waals surface area contributed by atoms with E-state index in [-0.39, 0.29) is 45.1 Å². The van der Waals surface area contributed by atoms with E-state index in [1.165, 1.54) is 47.4 Å². The van der Waals surface area contributed by atoms with Crippen molar-refractivity contribution in [2.45, 2.75) is 38.7 Å². The van der Waals surface area contributed by atoms with Gasteiger partial charge in [-0.15, -0.1) is 13.2 Å². The number of hydrogen-bond donors (Lipinski definition) is 1. The number of carbonyl (C=O) groups is 2. The molecule has 1 N–H and O–H groups in total. The zero-order valence-corrected chi connectivity index (χ0v) is 23.9. The number of alkyl halides is 3. The molecule has 1 atom stereocenters. The van der Waals surface area contributed by atoms with Gasteiger partial charge in [-0.1, -0.05) is 24.3 Å². The standard InChI is InChI=1S/C31H33F4NO8/c1-2-40-28(29(37)38)21-22-9-13-24(14-10-22)42-20-18-36(17-5-6-19-41-25-15-11-23(32)12-16-25)30(39)43-26-7-3-4-8-27(26)44-31(33,34)35/h3-4,7-16,28H,2,5-6,17-21H2,1H3,(H,37,38). The van der Waals surface area contributed by atoms with E-state index in [1.54, 1.807) is 31.2 Å². The molecule has 0 radical (unpaired) electrons. The summed E-state index contributed by atoms with van der Waals surface area (Å²) in [5, 5.41) is 9.28. The summed E-state index contributed by atoms with van der Waals surface area (Å²) in [6.07, 6.45) is -5.72. The van der Waals surface area contributed by atoms with Crippen LogP contribution in [0.15, 0.2) is 72.8 Å². The Hall–Kier alpha value is -4.52. The van der Waals surface area contributed by atoms with Crippen LogP contribution in [0, 0.1) is 5.82 Å². The van der Waals surface area contributed by atoms with Crippen LogP contribution in [0.2, 0.25) is 0 Å². The molecular weight excluding hydrogens is 590 g/mol. The van der Waals surface area contributed by atoms with Gasteiger partial charge in [0.25, 0.3) is 0 Å². The molecular formula is C31H33F4NO8. The number of carboxylic acids is 1. The molecule has 0 aliphatic heterocycles. The lowest BCUT2D eigenvalue weighted by molar-refractivity contribution is -0.275. The van der Waals surface area contributed by atoms with Crippen LogP contribution >= 0.6 is 0 Å². The number of nitrogens with zero attached hydrogens (tertiary/aromatic N) is 1. The minimum atomic E-state index is -4.98.